The number of rotatable bonds is 8. The van der Waals surface area contributed by atoms with Crippen LogP contribution in [0.5, 0.6) is 0 Å². The lowest BCUT2D eigenvalue weighted by Gasteiger charge is -2.29. The Kier molecular flexibility index (Phi) is 7.80. The maximum Gasteiger partial charge on any atom is 0.318 e. The summed E-state index contributed by atoms with van der Waals surface area (Å²) in [5.41, 5.74) is 2.62. The van der Waals surface area contributed by atoms with Gasteiger partial charge < -0.3 is 19.7 Å². The number of benzene rings is 2. The number of aryl methyl sites for hydroxylation is 1. The number of amides is 3. The minimum absolute atomic E-state index is 0.0290. The van der Waals surface area contributed by atoms with E-state index in [1.807, 2.05) is 29.0 Å². The van der Waals surface area contributed by atoms with Crippen molar-refractivity contribution in [3.63, 3.8) is 0 Å². The summed E-state index contributed by atoms with van der Waals surface area (Å²) >= 11 is 6.20. The van der Waals surface area contributed by atoms with E-state index in [1.165, 1.54) is 22.6 Å². The Morgan fingerprint density at radius 3 is 2.74 bits per heavy atom. The number of fused-ring (bicyclic) bond motifs is 1. The van der Waals surface area contributed by atoms with Crippen molar-refractivity contribution in [2.24, 2.45) is 0 Å². The number of urea groups is 1. The number of hydrogen-bond donors (Lipinski definition) is 1. The lowest BCUT2D eigenvalue weighted by atomic mass is 10.0. The molecule has 178 valence electrons. The summed E-state index contributed by atoms with van der Waals surface area (Å²) in [5.74, 6) is -0.758. The smallest absolute Gasteiger partial charge is 0.318 e. The van der Waals surface area contributed by atoms with E-state index in [0.29, 0.717) is 32.6 Å². The fourth-order valence-corrected chi connectivity index (χ4v) is 4.30. The number of aromatic nitrogens is 2. The van der Waals surface area contributed by atoms with Crippen LogP contribution in [0.3, 0.4) is 0 Å². The summed E-state index contributed by atoms with van der Waals surface area (Å²) in [5, 5.41) is 3.00. The molecule has 0 radical (unpaired) electrons. The Morgan fingerprint density at radius 2 is 1.97 bits per heavy atom. The molecule has 1 aliphatic rings. The van der Waals surface area contributed by atoms with E-state index in [2.05, 4.69) is 16.4 Å². The molecule has 9 heteroatoms. The van der Waals surface area contributed by atoms with Crippen LogP contribution in [0, 0.1) is 5.82 Å². The zero-order chi connectivity index (χ0) is 23.9. The predicted molar refractivity (Wildman–Crippen MR) is 128 cm³/mol. The molecular weight excluding hydrogens is 457 g/mol. The Bertz CT molecular complexity index is 1120. The SMILES string of the molecule is O=C(CNC(=O)N1CCc2ccccc2C1)N(CCCn1ccnc1)Cc1c(F)cccc1Cl. The second-order valence-corrected chi connectivity index (χ2v) is 8.68. The third kappa shape index (κ3) is 5.94. The average molecular weight is 484 g/mol. The molecule has 1 aliphatic heterocycles. The van der Waals surface area contributed by atoms with Crippen LogP contribution in [0.25, 0.3) is 0 Å². The third-order valence-electron chi connectivity index (χ3n) is 5.98. The first kappa shape index (κ1) is 23.8. The highest BCUT2D eigenvalue weighted by molar-refractivity contribution is 6.31. The van der Waals surface area contributed by atoms with E-state index < -0.39 is 5.82 Å². The molecule has 0 bridgehead atoms. The molecule has 4 rings (SSSR count). The number of halogens is 2. The highest BCUT2D eigenvalue weighted by Gasteiger charge is 2.22. The molecule has 0 fully saturated rings. The predicted octanol–water partition coefficient (Wildman–Crippen LogP) is 3.86. The van der Waals surface area contributed by atoms with E-state index in [-0.39, 0.29) is 35.6 Å². The summed E-state index contributed by atoms with van der Waals surface area (Å²) < 4.78 is 16.3. The molecule has 34 heavy (non-hydrogen) atoms. The number of nitrogens with one attached hydrogen (secondary N) is 1. The summed E-state index contributed by atoms with van der Waals surface area (Å²) in [6.45, 7) is 2.00. The van der Waals surface area contributed by atoms with Gasteiger partial charge in [-0.25, -0.2) is 14.2 Å². The van der Waals surface area contributed by atoms with Gasteiger partial charge in [0, 0.05) is 49.2 Å². The first-order valence-electron chi connectivity index (χ1n) is 11.3. The minimum atomic E-state index is -0.462. The van der Waals surface area contributed by atoms with Crippen LogP contribution in [0.15, 0.2) is 61.2 Å². The maximum absolute atomic E-state index is 14.4. The number of carbonyl (C=O) groups is 2. The van der Waals surface area contributed by atoms with Gasteiger partial charge >= 0.3 is 6.03 Å². The van der Waals surface area contributed by atoms with Crippen molar-refractivity contribution in [1.29, 1.82) is 0 Å². The van der Waals surface area contributed by atoms with Gasteiger partial charge in [0.15, 0.2) is 0 Å². The van der Waals surface area contributed by atoms with Crippen molar-refractivity contribution in [3.05, 3.63) is 88.7 Å². The van der Waals surface area contributed by atoms with E-state index in [1.54, 1.807) is 23.5 Å². The topological polar surface area (TPSA) is 70.5 Å². The Hall–Kier alpha value is -3.39. The van der Waals surface area contributed by atoms with Crippen molar-refractivity contribution in [2.75, 3.05) is 19.6 Å². The van der Waals surface area contributed by atoms with Gasteiger partial charge in [0.05, 0.1) is 19.4 Å². The van der Waals surface area contributed by atoms with Crippen molar-refractivity contribution in [1.82, 2.24) is 24.7 Å². The number of carbonyl (C=O) groups excluding carboxylic acids is 2. The van der Waals surface area contributed by atoms with Gasteiger partial charge in [0.25, 0.3) is 0 Å². The molecule has 3 amide bonds. The highest BCUT2D eigenvalue weighted by Crippen LogP contribution is 2.21. The van der Waals surface area contributed by atoms with E-state index >= 15 is 0 Å². The third-order valence-corrected chi connectivity index (χ3v) is 6.33. The molecule has 0 saturated carbocycles. The normalized spacial score (nSPS) is 12.8. The molecule has 0 spiro atoms. The van der Waals surface area contributed by atoms with Gasteiger partial charge in [0.2, 0.25) is 5.91 Å². The molecule has 0 atom stereocenters. The lowest BCUT2D eigenvalue weighted by molar-refractivity contribution is -0.130. The molecule has 2 aromatic carbocycles. The monoisotopic (exact) mass is 483 g/mol. The van der Waals surface area contributed by atoms with E-state index in [4.69, 9.17) is 11.6 Å². The van der Waals surface area contributed by atoms with Gasteiger partial charge in [-0.05, 0) is 36.1 Å². The van der Waals surface area contributed by atoms with Crippen LogP contribution in [0.1, 0.15) is 23.1 Å². The van der Waals surface area contributed by atoms with Crippen LogP contribution >= 0.6 is 11.6 Å². The van der Waals surface area contributed by atoms with Crippen molar-refractivity contribution >= 4 is 23.5 Å². The quantitative estimate of drug-likeness (QED) is 0.529. The zero-order valence-corrected chi connectivity index (χ0v) is 19.5. The van der Waals surface area contributed by atoms with Crippen LogP contribution < -0.4 is 5.32 Å². The summed E-state index contributed by atoms with van der Waals surface area (Å²) in [6.07, 6.45) is 6.67. The molecule has 0 aliphatic carbocycles. The zero-order valence-electron chi connectivity index (χ0n) is 18.8. The van der Waals surface area contributed by atoms with Crippen LogP contribution in [0.2, 0.25) is 5.02 Å². The first-order valence-corrected chi connectivity index (χ1v) is 11.6. The molecule has 1 N–H and O–H groups in total. The molecule has 3 aromatic rings. The van der Waals surface area contributed by atoms with Crippen LogP contribution in [-0.4, -0.2) is 50.9 Å². The van der Waals surface area contributed by atoms with E-state index in [0.717, 1.165) is 12.0 Å². The van der Waals surface area contributed by atoms with Gasteiger partial charge in [-0.15, -0.1) is 0 Å². The summed E-state index contributed by atoms with van der Waals surface area (Å²) in [7, 11) is 0. The number of hydrogen-bond acceptors (Lipinski definition) is 3. The van der Waals surface area contributed by atoms with Gasteiger partial charge in [-0.2, -0.15) is 0 Å². The number of nitrogens with zero attached hydrogens (tertiary/aromatic N) is 4. The average Bonchev–Trinajstić information content (AvgIpc) is 3.37. The van der Waals surface area contributed by atoms with Crippen molar-refractivity contribution in [3.8, 4) is 0 Å². The van der Waals surface area contributed by atoms with E-state index in [9.17, 15) is 14.0 Å². The van der Waals surface area contributed by atoms with Gasteiger partial charge in [0.1, 0.15) is 5.82 Å². The van der Waals surface area contributed by atoms with Gasteiger partial charge in [-0.1, -0.05) is 41.9 Å². The maximum atomic E-state index is 14.4. The molecule has 0 unspecified atom stereocenters. The van der Waals surface area contributed by atoms with Crippen molar-refractivity contribution < 1.29 is 14.0 Å². The second kappa shape index (κ2) is 11.2. The Morgan fingerprint density at radius 1 is 1.15 bits per heavy atom. The Labute approximate surface area is 203 Å². The fourth-order valence-electron chi connectivity index (χ4n) is 4.07. The van der Waals surface area contributed by atoms with Crippen molar-refractivity contribution in [2.45, 2.75) is 32.5 Å². The highest BCUT2D eigenvalue weighted by atomic mass is 35.5. The summed E-state index contributed by atoms with van der Waals surface area (Å²) in [4.78, 5) is 33.0. The molecule has 0 saturated heterocycles. The molecular formula is C25H27ClFN5O2. The first-order chi connectivity index (χ1) is 16.5. The number of imidazole rings is 1. The Balaban J connectivity index is 1.37. The van der Waals surface area contributed by atoms with Gasteiger partial charge in [-0.3, -0.25) is 4.79 Å². The summed E-state index contributed by atoms with van der Waals surface area (Å²) in [6, 6.07) is 12.2. The molecule has 1 aromatic heterocycles. The van der Waals surface area contributed by atoms with Crippen LogP contribution in [0.4, 0.5) is 9.18 Å². The molecule has 2 heterocycles. The van der Waals surface area contributed by atoms with Crippen LogP contribution in [-0.2, 0) is 30.8 Å². The second-order valence-electron chi connectivity index (χ2n) is 8.27. The lowest BCUT2D eigenvalue weighted by Crippen LogP contribution is -2.47. The fraction of sp³-hybridized carbons (Fsp3) is 0.320. The largest absolute Gasteiger partial charge is 0.337 e. The molecule has 7 nitrogen and oxygen atoms in total. The minimum Gasteiger partial charge on any atom is -0.337 e. The standard InChI is InChI=1S/C25H27ClFN5O2/c26-22-7-3-8-23(27)21(22)17-31(12-4-11-30-14-10-28-18-30)24(33)15-29-25(34)32-13-9-19-5-1-2-6-20(19)16-32/h1-3,5-8,10,14,18H,4,9,11-13,15-17H2,(H,29,34).